The number of fused-ring (bicyclic) bond motifs is 1. The van der Waals surface area contributed by atoms with Gasteiger partial charge in [-0.05, 0) is 18.2 Å². The van der Waals surface area contributed by atoms with E-state index in [1.165, 1.54) is 6.08 Å². The number of aromatic amines is 1. The second kappa shape index (κ2) is 7.81. The molecule has 8 nitrogen and oxygen atoms in total. The summed E-state index contributed by atoms with van der Waals surface area (Å²) in [4.78, 5) is 37.5. The van der Waals surface area contributed by atoms with E-state index in [2.05, 4.69) is 26.8 Å². The van der Waals surface area contributed by atoms with Gasteiger partial charge in [0.1, 0.15) is 5.52 Å². The maximum atomic E-state index is 12.6. The maximum absolute atomic E-state index is 12.6. The number of aromatic nitrogens is 2. The van der Waals surface area contributed by atoms with Crippen molar-refractivity contribution in [1.82, 2.24) is 24.7 Å². The van der Waals surface area contributed by atoms with E-state index in [9.17, 15) is 9.59 Å². The van der Waals surface area contributed by atoms with Crippen LogP contribution in [-0.4, -0.2) is 88.3 Å². The molecule has 0 atom stereocenters. The van der Waals surface area contributed by atoms with Gasteiger partial charge in [-0.15, -0.1) is 0 Å². The number of benzene rings is 1. The first-order valence-electron chi connectivity index (χ1n) is 9.35. The SMILES string of the molecule is C=CC(=O)N1CC(N2CCN(C(=O)CNc3cc(Cl)cc4[nH]cnc34)CC2)C1. The second-order valence-corrected chi connectivity index (χ2v) is 7.56. The third-order valence-corrected chi connectivity index (χ3v) is 5.67. The Morgan fingerprint density at radius 3 is 2.71 bits per heavy atom. The maximum Gasteiger partial charge on any atom is 0.246 e. The fraction of sp³-hybridized carbons (Fsp3) is 0.421. The molecule has 2 saturated heterocycles. The van der Waals surface area contributed by atoms with Crippen LogP contribution in [0.5, 0.6) is 0 Å². The zero-order chi connectivity index (χ0) is 19.7. The lowest BCUT2D eigenvalue weighted by molar-refractivity contribution is -0.135. The Morgan fingerprint density at radius 2 is 2.00 bits per heavy atom. The molecule has 2 amide bonds. The van der Waals surface area contributed by atoms with Crippen LogP contribution in [0.3, 0.4) is 0 Å². The van der Waals surface area contributed by atoms with Crippen molar-refractivity contribution in [3.05, 3.63) is 36.1 Å². The molecule has 4 rings (SSSR count). The number of nitrogens with zero attached hydrogens (tertiary/aromatic N) is 4. The molecular formula is C19H23ClN6O2. The van der Waals surface area contributed by atoms with Gasteiger partial charge in [0.2, 0.25) is 11.8 Å². The number of imidazole rings is 1. The van der Waals surface area contributed by atoms with Crippen LogP contribution in [0.2, 0.25) is 5.02 Å². The molecule has 0 bridgehead atoms. The number of piperazine rings is 1. The number of nitrogens with one attached hydrogen (secondary N) is 2. The summed E-state index contributed by atoms with van der Waals surface area (Å²) in [5, 5.41) is 3.76. The molecule has 148 valence electrons. The minimum absolute atomic E-state index is 0.0110. The normalized spacial score (nSPS) is 18.2. The highest BCUT2D eigenvalue weighted by molar-refractivity contribution is 6.31. The highest BCUT2D eigenvalue weighted by Crippen LogP contribution is 2.25. The molecule has 2 N–H and O–H groups in total. The predicted molar refractivity (Wildman–Crippen MR) is 108 cm³/mol. The summed E-state index contributed by atoms with van der Waals surface area (Å²) in [5.41, 5.74) is 2.35. The van der Waals surface area contributed by atoms with Gasteiger partial charge in [0, 0.05) is 50.3 Å². The molecule has 9 heteroatoms. The molecule has 0 aliphatic carbocycles. The fourth-order valence-electron chi connectivity index (χ4n) is 3.76. The minimum Gasteiger partial charge on any atom is -0.374 e. The first-order valence-corrected chi connectivity index (χ1v) is 9.72. The molecule has 2 aliphatic rings. The van der Waals surface area contributed by atoms with Gasteiger partial charge in [-0.25, -0.2) is 4.98 Å². The van der Waals surface area contributed by atoms with Crippen LogP contribution in [0, 0.1) is 0 Å². The largest absolute Gasteiger partial charge is 0.374 e. The number of amides is 2. The lowest BCUT2D eigenvalue weighted by Crippen LogP contribution is -2.64. The summed E-state index contributed by atoms with van der Waals surface area (Å²) >= 11 is 6.13. The van der Waals surface area contributed by atoms with Crippen LogP contribution in [0.25, 0.3) is 11.0 Å². The number of H-pyrrole nitrogens is 1. The molecule has 0 spiro atoms. The van der Waals surface area contributed by atoms with E-state index >= 15 is 0 Å². The van der Waals surface area contributed by atoms with Crippen LogP contribution in [0.15, 0.2) is 31.1 Å². The van der Waals surface area contributed by atoms with Crippen molar-refractivity contribution in [2.75, 3.05) is 51.1 Å². The fourth-order valence-corrected chi connectivity index (χ4v) is 3.98. The smallest absolute Gasteiger partial charge is 0.246 e. The van der Waals surface area contributed by atoms with E-state index in [0.717, 1.165) is 42.9 Å². The lowest BCUT2D eigenvalue weighted by atomic mass is 10.1. The monoisotopic (exact) mass is 402 g/mol. The summed E-state index contributed by atoms with van der Waals surface area (Å²) in [7, 11) is 0. The summed E-state index contributed by atoms with van der Waals surface area (Å²) in [6.07, 6.45) is 2.97. The van der Waals surface area contributed by atoms with Gasteiger partial charge in [-0.1, -0.05) is 18.2 Å². The van der Waals surface area contributed by atoms with Crippen molar-refractivity contribution in [1.29, 1.82) is 0 Å². The van der Waals surface area contributed by atoms with Crippen LogP contribution in [0.1, 0.15) is 0 Å². The molecule has 0 radical (unpaired) electrons. The van der Waals surface area contributed by atoms with E-state index < -0.39 is 0 Å². The average Bonchev–Trinajstić information content (AvgIpc) is 3.13. The van der Waals surface area contributed by atoms with Gasteiger partial charge in [0.25, 0.3) is 0 Å². The summed E-state index contributed by atoms with van der Waals surface area (Å²) in [6.45, 7) is 8.25. The van der Waals surface area contributed by atoms with E-state index in [1.54, 1.807) is 23.4 Å². The average molecular weight is 403 g/mol. The van der Waals surface area contributed by atoms with E-state index in [4.69, 9.17) is 11.6 Å². The molecule has 2 aromatic rings. The zero-order valence-corrected chi connectivity index (χ0v) is 16.3. The first-order chi connectivity index (χ1) is 13.5. The predicted octanol–water partition coefficient (Wildman–Crippen LogP) is 1.17. The van der Waals surface area contributed by atoms with E-state index in [1.807, 2.05) is 4.90 Å². The Hall–Kier alpha value is -2.58. The Morgan fingerprint density at radius 1 is 1.25 bits per heavy atom. The molecule has 3 heterocycles. The van der Waals surface area contributed by atoms with E-state index in [-0.39, 0.29) is 18.4 Å². The van der Waals surface area contributed by atoms with Crippen molar-refractivity contribution >= 4 is 40.1 Å². The topological polar surface area (TPSA) is 84.6 Å². The second-order valence-electron chi connectivity index (χ2n) is 7.12. The van der Waals surface area contributed by atoms with Crippen molar-refractivity contribution in [3.8, 4) is 0 Å². The van der Waals surface area contributed by atoms with Crippen molar-refractivity contribution < 1.29 is 9.59 Å². The third-order valence-electron chi connectivity index (χ3n) is 5.45. The first kappa shape index (κ1) is 18.8. The Bertz CT molecular complexity index is 899. The van der Waals surface area contributed by atoms with Crippen molar-refractivity contribution in [3.63, 3.8) is 0 Å². The van der Waals surface area contributed by atoms with Gasteiger partial charge in [0.15, 0.2) is 0 Å². The van der Waals surface area contributed by atoms with Gasteiger partial charge in [-0.2, -0.15) is 0 Å². The zero-order valence-electron chi connectivity index (χ0n) is 15.5. The summed E-state index contributed by atoms with van der Waals surface area (Å²) in [5.74, 6) is 0.0450. The Labute approximate surface area is 168 Å². The Kier molecular flexibility index (Phi) is 5.23. The summed E-state index contributed by atoms with van der Waals surface area (Å²) in [6, 6.07) is 3.97. The minimum atomic E-state index is -0.0110. The van der Waals surface area contributed by atoms with Crippen LogP contribution in [0.4, 0.5) is 5.69 Å². The third kappa shape index (κ3) is 3.70. The quantitative estimate of drug-likeness (QED) is 0.733. The molecule has 2 fully saturated rings. The van der Waals surface area contributed by atoms with Crippen LogP contribution < -0.4 is 5.32 Å². The molecule has 0 saturated carbocycles. The number of hydrogen-bond donors (Lipinski definition) is 2. The summed E-state index contributed by atoms with van der Waals surface area (Å²) < 4.78 is 0. The number of hydrogen-bond acceptors (Lipinski definition) is 5. The highest BCUT2D eigenvalue weighted by atomic mass is 35.5. The van der Waals surface area contributed by atoms with Gasteiger partial charge in [-0.3, -0.25) is 14.5 Å². The Balaban J connectivity index is 1.26. The van der Waals surface area contributed by atoms with Crippen LogP contribution in [-0.2, 0) is 9.59 Å². The standard InChI is InChI=1S/C19H23ClN6O2/c1-2-17(27)26-10-14(11-26)24-3-5-25(6-4-24)18(28)9-21-15-7-13(20)8-16-19(15)23-12-22-16/h2,7-8,12,14,21H,1,3-6,9-11H2,(H,22,23). The van der Waals surface area contributed by atoms with Gasteiger partial charge >= 0.3 is 0 Å². The van der Waals surface area contributed by atoms with Crippen LogP contribution >= 0.6 is 11.6 Å². The van der Waals surface area contributed by atoms with Crippen molar-refractivity contribution in [2.45, 2.75) is 6.04 Å². The number of carbonyl (C=O) groups is 2. The molecular weight excluding hydrogens is 380 g/mol. The number of rotatable bonds is 5. The molecule has 2 aliphatic heterocycles. The number of carbonyl (C=O) groups excluding carboxylic acids is 2. The molecule has 28 heavy (non-hydrogen) atoms. The number of anilines is 1. The number of halogens is 1. The van der Waals surface area contributed by atoms with Crippen molar-refractivity contribution in [2.24, 2.45) is 0 Å². The highest BCUT2D eigenvalue weighted by Gasteiger charge is 2.35. The van der Waals surface area contributed by atoms with E-state index in [0.29, 0.717) is 24.2 Å². The van der Waals surface area contributed by atoms with Gasteiger partial charge < -0.3 is 20.1 Å². The molecule has 1 aromatic carbocycles. The lowest BCUT2D eigenvalue weighted by Gasteiger charge is -2.47. The molecule has 1 aromatic heterocycles. The number of likely N-dealkylation sites (tertiary alicyclic amines) is 1. The van der Waals surface area contributed by atoms with Gasteiger partial charge in [0.05, 0.1) is 24.1 Å². The molecule has 0 unspecified atom stereocenters.